The lowest BCUT2D eigenvalue weighted by molar-refractivity contribution is -0.111. The molecular formula is C22H16ClNO3. The molecule has 0 aliphatic heterocycles. The highest BCUT2D eigenvalue weighted by Gasteiger charge is 2.10. The molecule has 0 saturated carbocycles. The fraction of sp³-hybridized carbons (Fsp3) is 0. The number of aromatic carboxylic acids is 1. The minimum atomic E-state index is -1.10. The normalized spacial score (nSPS) is 10.7. The minimum absolute atomic E-state index is 0.0319. The largest absolute Gasteiger partial charge is 0.478 e. The summed E-state index contributed by atoms with van der Waals surface area (Å²) in [5.74, 6) is -1.54. The summed E-state index contributed by atoms with van der Waals surface area (Å²) in [4.78, 5) is 23.3. The van der Waals surface area contributed by atoms with Gasteiger partial charge in [0.25, 0.3) is 0 Å². The van der Waals surface area contributed by atoms with E-state index in [1.165, 1.54) is 18.2 Å². The Balaban J connectivity index is 1.74. The summed E-state index contributed by atoms with van der Waals surface area (Å²) in [7, 11) is 0. The Morgan fingerprint density at radius 2 is 1.59 bits per heavy atom. The molecule has 27 heavy (non-hydrogen) atoms. The van der Waals surface area contributed by atoms with Crippen molar-refractivity contribution in [1.29, 1.82) is 0 Å². The van der Waals surface area contributed by atoms with E-state index in [0.29, 0.717) is 10.6 Å². The molecule has 0 bridgehead atoms. The first kappa shape index (κ1) is 18.4. The number of carboxylic acid groups (broad SMARTS) is 1. The van der Waals surface area contributed by atoms with Crippen molar-refractivity contribution in [2.45, 2.75) is 0 Å². The number of nitrogens with one attached hydrogen (secondary N) is 1. The van der Waals surface area contributed by atoms with Crippen LogP contribution in [-0.2, 0) is 4.79 Å². The van der Waals surface area contributed by atoms with E-state index in [9.17, 15) is 9.59 Å². The molecule has 0 unspecified atom stereocenters. The first-order chi connectivity index (χ1) is 13.0. The van der Waals surface area contributed by atoms with Crippen LogP contribution in [0.3, 0.4) is 0 Å². The number of carbonyl (C=O) groups excluding carboxylic acids is 1. The van der Waals surface area contributed by atoms with Crippen molar-refractivity contribution in [2.24, 2.45) is 0 Å². The van der Waals surface area contributed by atoms with Crippen LogP contribution in [-0.4, -0.2) is 17.0 Å². The maximum Gasteiger partial charge on any atom is 0.337 e. The summed E-state index contributed by atoms with van der Waals surface area (Å²) in [6, 6.07) is 21.7. The van der Waals surface area contributed by atoms with Gasteiger partial charge in [-0.25, -0.2) is 4.79 Å². The van der Waals surface area contributed by atoms with Crippen LogP contribution >= 0.6 is 11.6 Å². The lowest BCUT2D eigenvalue weighted by Crippen LogP contribution is -2.11. The molecule has 0 atom stereocenters. The molecule has 4 nitrogen and oxygen atoms in total. The second-order valence-corrected chi connectivity index (χ2v) is 6.18. The number of hydrogen-bond donors (Lipinski definition) is 2. The van der Waals surface area contributed by atoms with Gasteiger partial charge in [0.2, 0.25) is 5.91 Å². The monoisotopic (exact) mass is 377 g/mol. The maximum atomic E-state index is 12.1. The minimum Gasteiger partial charge on any atom is -0.478 e. The molecule has 1 amide bonds. The average Bonchev–Trinajstić information content (AvgIpc) is 2.68. The number of rotatable bonds is 5. The van der Waals surface area contributed by atoms with Crippen LogP contribution in [0.4, 0.5) is 5.69 Å². The topological polar surface area (TPSA) is 66.4 Å². The average molecular weight is 378 g/mol. The molecule has 0 aliphatic rings. The highest BCUT2D eigenvalue weighted by Crippen LogP contribution is 2.26. The molecule has 3 aromatic rings. The van der Waals surface area contributed by atoms with E-state index in [1.54, 1.807) is 18.2 Å². The molecule has 134 valence electrons. The SMILES string of the molecule is O=C(/C=C/c1ccc(-c2ccccc2)cc1Cl)Nc1ccccc1C(=O)O. The highest BCUT2D eigenvalue weighted by molar-refractivity contribution is 6.32. The fourth-order valence-electron chi connectivity index (χ4n) is 2.59. The van der Waals surface area contributed by atoms with Crippen molar-refractivity contribution in [3.05, 3.63) is 95.0 Å². The van der Waals surface area contributed by atoms with E-state index in [4.69, 9.17) is 16.7 Å². The van der Waals surface area contributed by atoms with E-state index >= 15 is 0 Å². The number of para-hydroxylation sites is 1. The van der Waals surface area contributed by atoms with Crippen molar-refractivity contribution in [3.63, 3.8) is 0 Å². The Morgan fingerprint density at radius 1 is 0.889 bits per heavy atom. The van der Waals surface area contributed by atoms with Crippen molar-refractivity contribution in [3.8, 4) is 11.1 Å². The molecule has 3 rings (SSSR count). The van der Waals surface area contributed by atoms with Crippen molar-refractivity contribution >= 4 is 35.2 Å². The number of anilines is 1. The second kappa shape index (κ2) is 8.34. The summed E-state index contributed by atoms with van der Waals surface area (Å²) in [5.41, 5.74) is 3.00. The summed E-state index contributed by atoms with van der Waals surface area (Å²) in [5, 5.41) is 12.2. The van der Waals surface area contributed by atoms with Gasteiger partial charge in [0.05, 0.1) is 11.3 Å². The number of halogens is 1. The zero-order valence-corrected chi connectivity index (χ0v) is 15.0. The van der Waals surface area contributed by atoms with Gasteiger partial charge in [-0.15, -0.1) is 0 Å². The lowest BCUT2D eigenvalue weighted by atomic mass is 10.0. The van der Waals surface area contributed by atoms with Gasteiger partial charge < -0.3 is 10.4 Å². The molecule has 0 heterocycles. The van der Waals surface area contributed by atoms with E-state index in [-0.39, 0.29) is 11.3 Å². The third-order valence-corrected chi connectivity index (χ3v) is 4.26. The Labute approximate surface area is 161 Å². The van der Waals surface area contributed by atoms with Crippen LogP contribution in [0.2, 0.25) is 5.02 Å². The predicted octanol–water partition coefficient (Wildman–Crippen LogP) is 5.36. The molecule has 0 fully saturated rings. The van der Waals surface area contributed by atoms with Crippen LogP contribution in [0.15, 0.2) is 78.9 Å². The van der Waals surface area contributed by atoms with Gasteiger partial charge in [0, 0.05) is 11.1 Å². The molecular weight excluding hydrogens is 362 g/mol. The van der Waals surface area contributed by atoms with E-state index in [0.717, 1.165) is 11.1 Å². The van der Waals surface area contributed by atoms with Crippen LogP contribution in [0.25, 0.3) is 17.2 Å². The Morgan fingerprint density at radius 3 is 2.30 bits per heavy atom. The maximum absolute atomic E-state index is 12.1. The summed E-state index contributed by atoms with van der Waals surface area (Å²) in [6.07, 6.45) is 2.91. The third kappa shape index (κ3) is 4.63. The molecule has 0 aromatic heterocycles. The first-order valence-electron chi connectivity index (χ1n) is 8.21. The smallest absolute Gasteiger partial charge is 0.337 e. The van der Waals surface area contributed by atoms with Gasteiger partial charge >= 0.3 is 5.97 Å². The molecule has 0 saturated heterocycles. The lowest BCUT2D eigenvalue weighted by Gasteiger charge is -2.06. The Kier molecular flexibility index (Phi) is 5.69. The molecule has 0 spiro atoms. The van der Waals surface area contributed by atoms with E-state index in [2.05, 4.69) is 5.32 Å². The quantitative estimate of drug-likeness (QED) is 0.588. The Bertz CT molecular complexity index is 1010. The molecule has 2 N–H and O–H groups in total. The molecule has 0 aliphatic carbocycles. The van der Waals surface area contributed by atoms with Crippen LogP contribution < -0.4 is 5.32 Å². The zero-order valence-electron chi connectivity index (χ0n) is 14.2. The molecule has 3 aromatic carbocycles. The molecule has 0 radical (unpaired) electrons. The summed E-state index contributed by atoms with van der Waals surface area (Å²) < 4.78 is 0. The molecule has 5 heteroatoms. The predicted molar refractivity (Wildman–Crippen MR) is 108 cm³/mol. The van der Waals surface area contributed by atoms with Crippen molar-refractivity contribution in [1.82, 2.24) is 0 Å². The summed E-state index contributed by atoms with van der Waals surface area (Å²) in [6.45, 7) is 0. The van der Waals surface area contributed by atoms with Crippen LogP contribution in [0, 0.1) is 0 Å². The zero-order chi connectivity index (χ0) is 19.2. The van der Waals surface area contributed by atoms with Gasteiger partial charge in [-0.05, 0) is 41.0 Å². The van der Waals surface area contributed by atoms with Gasteiger partial charge in [-0.2, -0.15) is 0 Å². The number of amides is 1. The first-order valence-corrected chi connectivity index (χ1v) is 8.59. The van der Waals surface area contributed by atoms with E-state index < -0.39 is 11.9 Å². The van der Waals surface area contributed by atoms with Gasteiger partial charge in [-0.1, -0.05) is 66.2 Å². The van der Waals surface area contributed by atoms with Crippen molar-refractivity contribution in [2.75, 3.05) is 5.32 Å². The highest BCUT2D eigenvalue weighted by atomic mass is 35.5. The number of benzene rings is 3. The van der Waals surface area contributed by atoms with Crippen LogP contribution in [0.1, 0.15) is 15.9 Å². The Hall–Kier alpha value is -3.37. The van der Waals surface area contributed by atoms with Crippen LogP contribution in [0.5, 0.6) is 0 Å². The number of carbonyl (C=O) groups is 2. The third-order valence-electron chi connectivity index (χ3n) is 3.94. The van der Waals surface area contributed by atoms with Crippen molar-refractivity contribution < 1.29 is 14.7 Å². The van der Waals surface area contributed by atoms with Gasteiger partial charge in [0.15, 0.2) is 0 Å². The van der Waals surface area contributed by atoms with Gasteiger partial charge in [-0.3, -0.25) is 4.79 Å². The van der Waals surface area contributed by atoms with E-state index in [1.807, 2.05) is 48.5 Å². The standard InChI is InChI=1S/C22H16ClNO3/c23-19-14-17(15-6-2-1-3-7-15)11-10-16(19)12-13-21(25)24-20-9-5-4-8-18(20)22(26)27/h1-14H,(H,24,25)(H,26,27)/b13-12+. The summed E-state index contributed by atoms with van der Waals surface area (Å²) >= 11 is 6.33. The second-order valence-electron chi connectivity index (χ2n) is 5.78. The number of hydrogen-bond acceptors (Lipinski definition) is 2. The van der Waals surface area contributed by atoms with Gasteiger partial charge in [0.1, 0.15) is 0 Å². The number of carboxylic acids is 1. The fourth-order valence-corrected chi connectivity index (χ4v) is 2.83.